The smallest absolute Gasteiger partial charge is 0.283 e. The second-order valence-corrected chi connectivity index (χ2v) is 4.64. The summed E-state index contributed by atoms with van der Waals surface area (Å²) in [5, 5.41) is 0. The van der Waals surface area contributed by atoms with Crippen molar-refractivity contribution in [3.8, 4) is 5.75 Å². The summed E-state index contributed by atoms with van der Waals surface area (Å²) in [6.07, 6.45) is 0. The van der Waals surface area contributed by atoms with Gasteiger partial charge in [0.2, 0.25) is 0 Å². The van der Waals surface area contributed by atoms with Crippen LogP contribution in [0.2, 0.25) is 0 Å². The average molecular weight is 297 g/mol. The number of hydrogen-bond donors (Lipinski definition) is 0. The minimum absolute atomic E-state index is 0.352. The van der Waals surface area contributed by atoms with Crippen molar-refractivity contribution < 1.29 is 14.3 Å². The molecule has 0 saturated carbocycles. The molecule has 2 aromatic carbocycles. The summed E-state index contributed by atoms with van der Waals surface area (Å²) < 4.78 is 10.9. The van der Waals surface area contributed by atoms with Crippen LogP contribution < -0.4 is 4.74 Å². The van der Waals surface area contributed by atoms with Crippen molar-refractivity contribution >= 4 is 11.8 Å². The zero-order valence-corrected chi connectivity index (χ0v) is 12.8. The average Bonchev–Trinajstić information content (AvgIpc) is 2.54. The first-order valence-electron chi connectivity index (χ1n) is 7.19. The largest absolute Gasteiger partial charge is 0.488 e. The fraction of sp³-hybridized carbons (Fsp3) is 0.222. The van der Waals surface area contributed by atoms with E-state index < -0.39 is 0 Å². The Hall–Kier alpha value is -2.62. The highest BCUT2D eigenvalue weighted by Gasteiger charge is 2.12. The van der Waals surface area contributed by atoms with Gasteiger partial charge in [0, 0.05) is 6.92 Å². The molecule has 0 aromatic heterocycles. The Kier molecular flexibility index (Phi) is 5.72. The predicted octanol–water partition coefficient (Wildman–Crippen LogP) is 3.86. The summed E-state index contributed by atoms with van der Waals surface area (Å²) >= 11 is 0. The molecule has 0 saturated heterocycles. The molecule has 0 aliphatic carbocycles. The zero-order chi connectivity index (χ0) is 15.8. The van der Waals surface area contributed by atoms with Gasteiger partial charge >= 0.3 is 0 Å². The van der Waals surface area contributed by atoms with Gasteiger partial charge in [-0.2, -0.15) is 4.99 Å². The number of benzene rings is 2. The van der Waals surface area contributed by atoms with E-state index in [1.807, 2.05) is 43.3 Å². The van der Waals surface area contributed by atoms with Gasteiger partial charge in [0.1, 0.15) is 12.4 Å². The van der Waals surface area contributed by atoms with Crippen LogP contribution in [0.1, 0.15) is 29.8 Å². The molecule has 114 valence electrons. The summed E-state index contributed by atoms with van der Waals surface area (Å²) in [4.78, 5) is 16.1. The van der Waals surface area contributed by atoms with E-state index in [9.17, 15) is 4.79 Å². The van der Waals surface area contributed by atoms with Crippen LogP contribution in [0.25, 0.3) is 0 Å². The van der Waals surface area contributed by atoms with Crippen LogP contribution in [0.3, 0.4) is 0 Å². The summed E-state index contributed by atoms with van der Waals surface area (Å²) in [7, 11) is 0. The fourth-order valence-electron chi connectivity index (χ4n) is 1.95. The summed E-state index contributed by atoms with van der Waals surface area (Å²) in [6, 6.07) is 16.9. The van der Waals surface area contributed by atoms with E-state index in [1.54, 1.807) is 25.1 Å². The first-order valence-corrected chi connectivity index (χ1v) is 7.19. The number of aliphatic imine (C=N–C) groups is 1. The normalized spacial score (nSPS) is 11.1. The third-order valence-corrected chi connectivity index (χ3v) is 2.97. The molecule has 0 bridgehead atoms. The van der Waals surface area contributed by atoms with Crippen LogP contribution >= 0.6 is 0 Å². The predicted molar refractivity (Wildman–Crippen MR) is 86.3 cm³/mol. The Morgan fingerprint density at radius 3 is 2.45 bits per heavy atom. The van der Waals surface area contributed by atoms with Gasteiger partial charge in [-0.25, -0.2) is 0 Å². The van der Waals surface area contributed by atoms with Crippen LogP contribution in [0.5, 0.6) is 5.75 Å². The van der Waals surface area contributed by atoms with Crippen molar-refractivity contribution in [3.63, 3.8) is 0 Å². The van der Waals surface area contributed by atoms with Crippen LogP contribution in [-0.2, 0) is 11.3 Å². The lowest BCUT2D eigenvalue weighted by Crippen LogP contribution is -2.06. The molecule has 0 fully saturated rings. The molecule has 0 spiro atoms. The van der Waals surface area contributed by atoms with E-state index >= 15 is 0 Å². The van der Waals surface area contributed by atoms with E-state index in [2.05, 4.69) is 4.99 Å². The van der Waals surface area contributed by atoms with E-state index in [4.69, 9.17) is 9.47 Å². The van der Waals surface area contributed by atoms with Crippen molar-refractivity contribution in [2.45, 2.75) is 20.5 Å². The number of amides is 1. The van der Waals surface area contributed by atoms with Crippen molar-refractivity contribution in [3.05, 3.63) is 65.7 Å². The molecular formula is C18H19NO3. The first kappa shape index (κ1) is 15.8. The third kappa shape index (κ3) is 4.45. The third-order valence-electron chi connectivity index (χ3n) is 2.97. The standard InChI is InChI=1S/C18H19NO3/c1-3-21-14(2)19-18(20)16-11-7-8-12-17(16)22-13-15-9-5-4-6-10-15/h4-12H,3,13H2,1-2H3. The molecule has 2 rings (SSSR count). The van der Waals surface area contributed by atoms with Crippen LogP contribution in [0, 0.1) is 0 Å². The van der Waals surface area contributed by atoms with Gasteiger partial charge in [-0.15, -0.1) is 0 Å². The van der Waals surface area contributed by atoms with Gasteiger partial charge in [-0.1, -0.05) is 42.5 Å². The van der Waals surface area contributed by atoms with E-state index in [0.29, 0.717) is 30.4 Å². The molecule has 2 aromatic rings. The molecule has 0 radical (unpaired) electrons. The van der Waals surface area contributed by atoms with Crippen molar-refractivity contribution in [1.82, 2.24) is 0 Å². The van der Waals surface area contributed by atoms with Gasteiger partial charge in [0.15, 0.2) is 5.90 Å². The van der Waals surface area contributed by atoms with Crippen LogP contribution in [0.4, 0.5) is 0 Å². The van der Waals surface area contributed by atoms with E-state index in [-0.39, 0.29) is 5.91 Å². The summed E-state index contributed by atoms with van der Waals surface area (Å²) in [5.74, 6) is 0.504. The number of hydrogen-bond acceptors (Lipinski definition) is 3. The summed E-state index contributed by atoms with van der Waals surface area (Å²) in [6.45, 7) is 4.39. The summed E-state index contributed by atoms with van der Waals surface area (Å²) in [5.41, 5.74) is 1.47. The maximum Gasteiger partial charge on any atom is 0.283 e. The lowest BCUT2D eigenvalue weighted by atomic mass is 10.2. The van der Waals surface area contributed by atoms with Gasteiger partial charge in [-0.3, -0.25) is 4.79 Å². The van der Waals surface area contributed by atoms with Crippen molar-refractivity contribution in [2.75, 3.05) is 6.61 Å². The number of nitrogens with zero attached hydrogens (tertiary/aromatic N) is 1. The van der Waals surface area contributed by atoms with E-state index in [1.165, 1.54) is 0 Å². The molecular weight excluding hydrogens is 278 g/mol. The quantitative estimate of drug-likeness (QED) is 0.622. The molecule has 0 atom stereocenters. The zero-order valence-electron chi connectivity index (χ0n) is 12.8. The first-order chi connectivity index (χ1) is 10.7. The number of ether oxygens (including phenoxy) is 2. The second kappa shape index (κ2) is 7.98. The molecule has 4 nitrogen and oxygen atoms in total. The monoisotopic (exact) mass is 297 g/mol. The Morgan fingerprint density at radius 2 is 1.73 bits per heavy atom. The topological polar surface area (TPSA) is 47.9 Å². The van der Waals surface area contributed by atoms with Gasteiger partial charge in [-0.05, 0) is 24.6 Å². The Bertz CT molecular complexity index is 650. The Morgan fingerprint density at radius 1 is 1.05 bits per heavy atom. The number of carbonyl (C=O) groups excluding carboxylic acids is 1. The molecule has 0 unspecified atom stereocenters. The fourth-order valence-corrected chi connectivity index (χ4v) is 1.95. The number of rotatable bonds is 5. The lowest BCUT2D eigenvalue weighted by molar-refractivity contribution is 0.0995. The molecule has 0 heterocycles. The Balaban J connectivity index is 2.13. The molecule has 4 heteroatoms. The van der Waals surface area contributed by atoms with Crippen molar-refractivity contribution in [1.29, 1.82) is 0 Å². The molecule has 22 heavy (non-hydrogen) atoms. The molecule has 0 aliphatic heterocycles. The van der Waals surface area contributed by atoms with Gasteiger partial charge < -0.3 is 9.47 Å². The SMILES string of the molecule is CCOC(C)=NC(=O)c1ccccc1OCc1ccccc1. The van der Waals surface area contributed by atoms with Crippen molar-refractivity contribution in [2.24, 2.45) is 4.99 Å². The number of carbonyl (C=O) groups is 1. The van der Waals surface area contributed by atoms with Gasteiger partial charge in [0.25, 0.3) is 5.91 Å². The second-order valence-electron chi connectivity index (χ2n) is 4.64. The number of para-hydroxylation sites is 1. The highest BCUT2D eigenvalue weighted by atomic mass is 16.5. The lowest BCUT2D eigenvalue weighted by Gasteiger charge is -2.09. The highest BCUT2D eigenvalue weighted by molar-refractivity contribution is 6.03. The minimum Gasteiger partial charge on any atom is -0.488 e. The maximum atomic E-state index is 12.2. The Labute approximate surface area is 130 Å². The molecule has 0 aliphatic rings. The van der Waals surface area contributed by atoms with Crippen LogP contribution in [-0.4, -0.2) is 18.4 Å². The van der Waals surface area contributed by atoms with Gasteiger partial charge in [0.05, 0.1) is 12.2 Å². The molecule has 0 N–H and O–H groups in total. The van der Waals surface area contributed by atoms with E-state index in [0.717, 1.165) is 5.56 Å². The highest BCUT2D eigenvalue weighted by Crippen LogP contribution is 2.20. The van der Waals surface area contributed by atoms with Crippen LogP contribution in [0.15, 0.2) is 59.6 Å². The minimum atomic E-state index is -0.366. The maximum absolute atomic E-state index is 12.2. The molecule has 1 amide bonds.